The molecular weight excluding hydrogens is 131 g/mol. The first-order chi connectivity index (χ1) is 4.83. The minimum Gasteiger partial charge on any atom is -0.304 e. The molecule has 1 heterocycles. The van der Waals surface area contributed by atoms with Crippen LogP contribution in [0.4, 0.5) is 0 Å². The lowest BCUT2D eigenvalue weighted by Gasteiger charge is -2.30. The van der Waals surface area contributed by atoms with E-state index < -0.39 is 0 Å². The van der Waals surface area contributed by atoms with Crippen molar-refractivity contribution in [3.63, 3.8) is 0 Å². The summed E-state index contributed by atoms with van der Waals surface area (Å²) in [7, 11) is 2.11. The van der Waals surface area contributed by atoms with Gasteiger partial charge in [0.2, 0.25) is 0 Å². The fourth-order valence-corrected chi connectivity index (χ4v) is 1.14. The van der Waals surface area contributed by atoms with Gasteiger partial charge in [-0.3, -0.25) is 4.90 Å². The summed E-state index contributed by atoms with van der Waals surface area (Å²) in [5, 5.41) is 0. The third kappa shape index (κ3) is 2.08. The van der Waals surface area contributed by atoms with E-state index in [1.807, 2.05) is 0 Å². The van der Waals surface area contributed by atoms with E-state index >= 15 is 0 Å². The van der Waals surface area contributed by atoms with Crippen LogP contribution in [-0.2, 0) is 4.79 Å². The monoisotopic (exact) mass is 145 g/mol. The van der Waals surface area contributed by atoms with Crippen LogP contribution in [0.15, 0.2) is 0 Å². The Morgan fingerprint density at radius 2 is 1.90 bits per heavy atom. The number of aldehydes is 1. The smallest absolute Gasteiger partial charge is 0.133 e. The molecule has 10 heavy (non-hydrogen) atoms. The molecule has 0 aromatic carbocycles. The van der Waals surface area contributed by atoms with Gasteiger partial charge >= 0.3 is 0 Å². The molecule has 1 fully saturated rings. The lowest BCUT2D eigenvalue weighted by atomic mass is 10.6. The van der Waals surface area contributed by atoms with Crippen molar-refractivity contribution in [2.75, 3.05) is 39.8 Å². The fourth-order valence-electron chi connectivity index (χ4n) is 1.14. The Balaban J connectivity index is 2.19. The Bertz CT molecular complexity index is 108. The molecule has 0 unspecified atom stereocenters. The maximum Gasteiger partial charge on any atom is 0.133 e. The number of rotatable bonds is 2. The third-order valence-corrected chi connectivity index (χ3v) is 1.93. The average Bonchev–Trinajstić information content (AvgIpc) is 1.95. The van der Waals surface area contributed by atoms with Gasteiger partial charge in [0.15, 0.2) is 0 Å². The average molecular weight is 145 g/mol. The number of nitrogens with zero attached hydrogens (tertiary/aromatic N) is 2. The predicted molar refractivity (Wildman–Crippen MR) is 40.0 cm³/mol. The zero-order chi connectivity index (χ0) is 7.40. The van der Waals surface area contributed by atoms with Gasteiger partial charge in [-0.25, -0.2) is 0 Å². The maximum absolute atomic E-state index is 10.1. The highest BCUT2D eigenvalue weighted by Gasteiger charge is 2.11. The Labute approximate surface area is 61.6 Å². The normalized spacial score (nSPS) is 22.9. The van der Waals surface area contributed by atoms with E-state index in [0.29, 0.717) is 6.54 Å². The summed E-state index contributed by atoms with van der Waals surface area (Å²) >= 11 is 0. The molecule has 1 aliphatic rings. The van der Waals surface area contributed by atoms with E-state index in [4.69, 9.17) is 0 Å². The summed E-state index contributed by atoms with van der Waals surface area (Å²) in [6.07, 6.45) is 0.978. The standard InChI is InChI=1S/C7H14N2O/c1-8-2-4-9(5-3-8)6-7-10/h7H,2-6H2,1H3/i2+1,4+1,9+1. The largest absolute Gasteiger partial charge is 0.304 e. The first kappa shape index (κ1) is 7.69. The second-order valence-electron chi connectivity index (χ2n) is 2.77. The van der Waals surface area contributed by atoms with E-state index in [2.05, 4.69) is 16.8 Å². The summed E-state index contributed by atoms with van der Waals surface area (Å²) in [5.74, 6) is 0. The van der Waals surface area contributed by atoms with Crippen LogP contribution >= 0.6 is 0 Å². The molecule has 0 N–H and O–H groups in total. The van der Waals surface area contributed by atoms with Crippen molar-refractivity contribution < 1.29 is 4.79 Å². The second kappa shape index (κ2) is 3.68. The highest BCUT2D eigenvalue weighted by Crippen LogP contribution is 1.96. The minimum atomic E-state index is 0.605. The molecule has 0 aromatic heterocycles. The van der Waals surface area contributed by atoms with Crippen molar-refractivity contribution in [2.24, 2.45) is 0 Å². The van der Waals surface area contributed by atoms with E-state index in [9.17, 15) is 4.79 Å². The summed E-state index contributed by atoms with van der Waals surface area (Å²) in [4.78, 5) is 14.6. The van der Waals surface area contributed by atoms with Gasteiger partial charge in [-0.05, 0) is 7.05 Å². The predicted octanol–water partition coefficient (Wildman–Crippen LogP) is -0.567. The van der Waals surface area contributed by atoms with Crippen molar-refractivity contribution in [2.45, 2.75) is 0 Å². The number of likely N-dealkylation sites (N-methyl/N-ethyl adjacent to an activating group) is 1. The van der Waals surface area contributed by atoms with Crippen LogP contribution in [0.3, 0.4) is 0 Å². The summed E-state index contributed by atoms with van der Waals surface area (Å²) in [6.45, 7) is 4.86. The van der Waals surface area contributed by atoms with Gasteiger partial charge in [0, 0.05) is 26.2 Å². The molecule has 0 radical (unpaired) electrons. The van der Waals surface area contributed by atoms with Crippen LogP contribution in [0, 0.1) is 0 Å². The molecule has 0 spiro atoms. The molecule has 3 nitrogen and oxygen atoms in total. The zero-order valence-corrected chi connectivity index (χ0v) is 6.42. The molecule has 1 aliphatic heterocycles. The van der Waals surface area contributed by atoms with Crippen molar-refractivity contribution >= 4 is 6.29 Å². The van der Waals surface area contributed by atoms with Crippen LogP contribution in [0.25, 0.3) is 0 Å². The van der Waals surface area contributed by atoms with E-state index in [0.717, 1.165) is 32.5 Å². The van der Waals surface area contributed by atoms with Crippen LogP contribution in [-0.4, -0.2) is 55.9 Å². The molecule has 58 valence electrons. The number of hydrogen-bond donors (Lipinski definition) is 0. The molecule has 0 aliphatic carbocycles. The molecule has 0 aromatic rings. The molecule has 1 rings (SSSR count). The minimum absolute atomic E-state index is 0.605. The van der Waals surface area contributed by atoms with Gasteiger partial charge in [-0.2, -0.15) is 0 Å². The van der Waals surface area contributed by atoms with E-state index in [1.165, 1.54) is 0 Å². The SMILES string of the molecule is CN1CC[15N](CC=O)[13CH2][13CH2]1. The quantitative estimate of drug-likeness (QED) is 0.295. The van der Waals surface area contributed by atoms with Crippen LogP contribution in [0.1, 0.15) is 0 Å². The number of carbonyl (C=O) groups excluding carboxylic acids is 1. The lowest BCUT2D eigenvalue weighted by molar-refractivity contribution is -0.109. The number of hydrogen-bond acceptors (Lipinski definition) is 3. The van der Waals surface area contributed by atoms with Crippen molar-refractivity contribution in [3.05, 3.63) is 0 Å². The van der Waals surface area contributed by atoms with Crippen molar-refractivity contribution in [3.8, 4) is 0 Å². The second-order valence-corrected chi connectivity index (χ2v) is 2.77. The first-order valence-corrected chi connectivity index (χ1v) is 3.67. The van der Waals surface area contributed by atoms with Gasteiger partial charge in [-0.1, -0.05) is 0 Å². The van der Waals surface area contributed by atoms with Crippen molar-refractivity contribution in [1.29, 1.82) is 0 Å². The molecule has 0 atom stereocenters. The van der Waals surface area contributed by atoms with Crippen LogP contribution < -0.4 is 0 Å². The van der Waals surface area contributed by atoms with E-state index in [-0.39, 0.29) is 0 Å². The molecule has 0 bridgehead atoms. The van der Waals surface area contributed by atoms with Gasteiger partial charge in [0.05, 0.1) is 6.54 Å². The third-order valence-electron chi connectivity index (χ3n) is 1.93. The zero-order valence-electron chi connectivity index (χ0n) is 6.42. The van der Waals surface area contributed by atoms with Gasteiger partial charge in [0.25, 0.3) is 0 Å². The van der Waals surface area contributed by atoms with Gasteiger partial charge in [-0.15, -0.1) is 0 Å². The molecule has 1 saturated heterocycles. The highest BCUT2D eigenvalue weighted by atomic mass is 16.1. The molecular formula is C7H14N2O. The van der Waals surface area contributed by atoms with Gasteiger partial charge in [0.1, 0.15) is 6.29 Å². The van der Waals surface area contributed by atoms with E-state index in [1.54, 1.807) is 0 Å². The van der Waals surface area contributed by atoms with Crippen LogP contribution in [0.5, 0.6) is 0 Å². The molecule has 3 heteroatoms. The Morgan fingerprint density at radius 1 is 1.30 bits per heavy atom. The highest BCUT2D eigenvalue weighted by molar-refractivity contribution is 5.51. The maximum atomic E-state index is 10.1. The Morgan fingerprint density at radius 3 is 2.40 bits per heavy atom. The first-order valence-electron chi connectivity index (χ1n) is 3.67. The van der Waals surface area contributed by atoms with Gasteiger partial charge < -0.3 is 9.69 Å². The topological polar surface area (TPSA) is 23.6 Å². The fraction of sp³-hybridized carbons (Fsp3) is 0.857. The Kier molecular flexibility index (Phi) is 2.83. The van der Waals surface area contributed by atoms with Crippen molar-refractivity contribution in [1.82, 2.24) is 9.80 Å². The Hall–Kier alpha value is -0.410. The number of piperazine rings is 1. The number of carbonyl (C=O) groups is 1. The van der Waals surface area contributed by atoms with Crippen LogP contribution in [0.2, 0.25) is 0 Å². The summed E-state index contributed by atoms with van der Waals surface area (Å²) in [5.41, 5.74) is 0. The summed E-state index contributed by atoms with van der Waals surface area (Å²) in [6, 6.07) is 0. The summed E-state index contributed by atoms with van der Waals surface area (Å²) < 4.78 is 0. The molecule has 0 amide bonds. The lowest BCUT2D eigenvalue weighted by Crippen LogP contribution is -2.44. The molecule has 0 saturated carbocycles.